The highest BCUT2D eigenvalue weighted by molar-refractivity contribution is 7.89. The van der Waals surface area contributed by atoms with E-state index in [4.69, 9.17) is 16.3 Å². The third-order valence-electron chi connectivity index (χ3n) is 4.55. The Hall–Kier alpha value is -1.85. The lowest BCUT2D eigenvalue weighted by molar-refractivity contribution is -0.274. The van der Waals surface area contributed by atoms with Crippen molar-refractivity contribution in [1.82, 2.24) is 9.62 Å². The number of halogens is 4. The molecule has 1 saturated heterocycles. The Kier molecular flexibility index (Phi) is 7.25. The number of hydrogen-bond acceptors (Lipinski definition) is 5. The molecule has 30 heavy (non-hydrogen) atoms. The van der Waals surface area contributed by atoms with Crippen LogP contribution in [0, 0.1) is 0 Å². The molecular formula is C19H20ClF3N2O4S. The van der Waals surface area contributed by atoms with Crippen LogP contribution >= 0.6 is 11.6 Å². The maximum atomic E-state index is 12.7. The van der Waals surface area contributed by atoms with Crippen molar-refractivity contribution in [1.29, 1.82) is 0 Å². The molecule has 164 valence electrons. The molecule has 2 aromatic rings. The number of hydrogen-bond donors (Lipinski definition) is 1. The molecule has 0 amide bonds. The summed E-state index contributed by atoms with van der Waals surface area (Å²) < 4.78 is 73.9. The van der Waals surface area contributed by atoms with Gasteiger partial charge in [0.1, 0.15) is 5.75 Å². The Labute approximate surface area is 177 Å². The van der Waals surface area contributed by atoms with Gasteiger partial charge in [-0.3, -0.25) is 4.90 Å². The third-order valence-corrected chi connectivity index (χ3v) is 6.23. The fourth-order valence-electron chi connectivity index (χ4n) is 3.15. The van der Waals surface area contributed by atoms with Crippen LogP contribution in [0.15, 0.2) is 53.4 Å². The molecule has 1 aliphatic heterocycles. The van der Waals surface area contributed by atoms with Crippen molar-refractivity contribution in [2.24, 2.45) is 0 Å². The monoisotopic (exact) mass is 464 g/mol. The zero-order valence-electron chi connectivity index (χ0n) is 15.7. The summed E-state index contributed by atoms with van der Waals surface area (Å²) >= 11 is 6.10. The highest BCUT2D eigenvalue weighted by Gasteiger charge is 2.31. The van der Waals surface area contributed by atoms with Gasteiger partial charge in [0.15, 0.2) is 0 Å². The van der Waals surface area contributed by atoms with E-state index < -0.39 is 22.1 Å². The van der Waals surface area contributed by atoms with E-state index in [1.54, 1.807) is 18.2 Å². The van der Waals surface area contributed by atoms with Crippen LogP contribution in [0.2, 0.25) is 5.02 Å². The first-order valence-corrected chi connectivity index (χ1v) is 10.9. The van der Waals surface area contributed by atoms with Gasteiger partial charge in [-0.25, -0.2) is 13.1 Å². The molecule has 0 aliphatic carbocycles. The summed E-state index contributed by atoms with van der Waals surface area (Å²) in [6, 6.07) is 10.9. The lowest BCUT2D eigenvalue weighted by Gasteiger charge is -2.35. The van der Waals surface area contributed by atoms with Gasteiger partial charge in [-0.05, 0) is 42.0 Å². The summed E-state index contributed by atoms with van der Waals surface area (Å²) in [6.45, 7) is 2.38. The van der Waals surface area contributed by atoms with Crippen molar-refractivity contribution in [2.75, 3.05) is 32.8 Å². The topological polar surface area (TPSA) is 67.9 Å². The molecule has 6 nitrogen and oxygen atoms in total. The first kappa shape index (κ1) is 22.8. The van der Waals surface area contributed by atoms with E-state index in [0.29, 0.717) is 31.3 Å². The summed E-state index contributed by atoms with van der Waals surface area (Å²) in [4.78, 5) is 1.93. The SMILES string of the molecule is O=S(=O)(NCC(c1cccc(Cl)c1)N1CCOCC1)c1ccc(OC(F)(F)F)cc1. The van der Waals surface area contributed by atoms with Crippen LogP contribution < -0.4 is 9.46 Å². The van der Waals surface area contributed by atoms with Crippen molar-refractivity contribution < 1.29 is 31.1 Å². The van der Waals surface area contributed by atoms with Crippen molar-refractivity contribution >= 4 is 21.6 Å². The van der Waals surface area contributed by atoms with E-state index in [-0.39, 0.29) is 17.5 Å². The Bertz CT molecular complexity index is 949. The zero-order valence-corrected chi connectivity index (χ0v) is 17.3. The predicted octanol–water partition coefficient (Wildman–Crippen LogP) is 3.59. The third kappa shape index (κ3) is 6.32. The summed E-state index contributed by atoms with van der Waals surface area (Å²) in [6.07, 6.45) is -4.85. The molecule has 0 aromatic heterocycles. The number of sulfonamides is 1. The summed E-state index contributed by atoms with van der Waals surface area (Å²) in [5.74, 6) is -0.494. The van der Waals surface area contributed by atoms with E-state index >= 15 is 0 Å². The Balaban J connectivity index is 1.75. The number of morpholine rings is 1. The predicted molar refractivity (Wildman–Crippen MR) is 105 cm³/mol. The van der Waals surface area contributed by atoms with Gasteiger partial charge in [-0.2, -0.15) is 0 Å². The van der Waals surface area contributed by atoms with E-state index in [1.807, 2.05) is 6.07 Å². The molecule has 1 unspecified atom stereocenters. The van der Waals surface area contributed by atoms with E-state index in [2.05, 4.69) is 14.4 Å². The minimum atomic E-state index is -4.85. The van der Waals surface area contributed by atoms with Crippen LogP contribution in [0.4, 0.5) is 13.2 Å². The molecule has 2 aromatic carbocycles. The molecule has 1 fully saturated rings. The molecule has 3 rings (SSSR count). The molecule has 11 heteroatoms. The van der Waals surface area contributed by atoms with Crippen LogP contribution in [-0.2, 0) is 14.8 Å². The average molecular weight is 465 g/mol. The molecule has 1 heterocycles. The molecule has 0 radical (unpaired) electrons. The summed E-state index contributed by atoms with van der Waals surface area (Å²) in [7, 11) is -3.95. The van der Waals surface area contributed by atoms with Gasteiger partial charge >= 0.3 is 6.36 Å². The van der Waals surface area contributed by atoms with Crippen LogP contribution in [0.1, 0.15) is 11.6 Å². The van der Waals surface area contributed by atoms with Crippen LogP contribution in [-0.4, -0.2) is 52.5 Å². The van der Waals surface area contributed by atoms with Crippen molar-refractivity contribution in [3.63, 3.8) is 0 Å². The lowest BCUT2D eigenvalue weighted by atomic mass is 10.1. The maximum absolute atomic E-state index is 12.7. The van der Waals surface area contributed by atoms with E-state index in [9.17, 15) is 21.6 Å². The Morgan fingerprint density at radius 1 is 1.13 bits per heavy atom. The summed E-state index contributed by atoms with van der Waals surface area (Å²) in [5, 5.41) is 0.536. The largest absolute Gasteiger partial charge is 0.573 e. The minimum Gasteiger partial charge on any atom is -0.406 e. The second kappa shape index (κ2) is 9.52. The van der Waals surface area contributed by atoms with Crippen LogP contribution in [0.25, 0.3) is 0 Å². The van der Waals surface area contributed by atoms with Crippen molar-refractivity contribution in [3.8, 4) is 5.75 Å². The van der Waals surface area contributed by atoms with Crippen molar-refractivity contribution in [2.45, 2.75) is 17.3 Å². The maximum Gasteiger partial charge on any atom is 0.573 e. The zero-order chi connectivity index (χ0) is 21.8. The van der Waals surface area contributed by atoms with Gasteiger partial charge in [0, 0.05) is 30.7 Å². The molecule has 0 spiro atoms. The quantitative estimate of drug-likeness (QED) is 0.678. The normalized spacial score (nSPS) is 16.9. The molecule has 0 bridgehead atoms. The van der Waals surface area contributed by atoms with Crippen LogP contribution in [0.3, 0.4) is 0 Å². The van der Waals surface area contributed by atoms with E-state index in [1.165, 1.54) is 0 Å². The van der Waals surface area contributed by atoms with Gasteiger partial charge in [0.2, 0.25) is 10.0 Å². The van der Waals surface area contributed by atoms with Gasteiger partial charge < -0.3 is 9.47 Å². The first-order valence-electron chi connectivity index (χ1n) is 9.07. The van der Waals surface area contributed by atoms with E-state index in [0.717, 1.165) is 29.8 Å². The number of nitrogens with one attached hydrogen (secondary N) is 1. The molecule has 1 N–H and O–H groups in total. The summed E-state index contributed by atoms with van der Waals surface area (Å²) in [5.41, 5.74) is 0.848. The fourth-order valence-corrected chi connectivity index (χ4v) is 4.39. The highest BCUT2D eigenvalue weighted by atomic mass is 35.5. The Morgan fingerprint density at radius 2 is 1.80 bits per heavy atom. The smallest absolute Gasteiger partial charge is 0.406 e. The number of rotatable bonds is 7. The molecule has 1 atom stereocenters. The van der Waals surface area contributed by atoms with Gasteiger partial charge in [-0.15, -0.1) is 13.2 Å². The van der Waals surface area contributed by atoms with Crippen LogP contribution in [0.5, 0.6) is 5.75 Å². The lowest BCUT2D eigenvalue weighted by Crippen LogP contribution is -2.43. The molecular weight excluding hydrogens is 445 g/mol. The second-order valence-electron chi connectivity index (χ2n) is 6.59. The number of nitrogens with zero attached hydrogens (tertiary/aromatic N) is 1. The molecule has 1 aliphatic rings. The van der Waals surface area contributed by atoms with Gasteiger partial charge in [0.25, 0.3) is 0 Å². The van der Waals surface area contributed by atoms with Gasteiger partial charge in [-0.1, -0.05) is 23.7 Å². The fraction of sp³-hybridized carbons (Fsp3) is 0.368. The molecule has 0 saturated carbocycles. The number of alkyl halides is 3. The standard InChI is InChI=1S/C19H20ClF3N2O4S/c20-15-3-1-2-14(12-15)18(25-8-10-28-11-9-25)13-24-30(26,27)17-6-4-16(5-7-17)29-19(21,22)23/h1-7,12,18,24H,8-11,13H2. The first-order chi connectivity index (χ1) is 14.1. The number of ether oxygens (including phenoxy) is 2. The highest BCUT2D eigenvalue weighted by Crippen LogP contribution is 2.26. The second-order valence-corrected chi connectivity index (χ2v) is 8.79. The average Bonchev–Trinajstić information content (AvgIpc) is 2.68. The Morgan fingerprint density at radius 3 is 2.40 bits per heavy atom. The van der Waals surface area contributed by atoms with Gasteiger partial charge in [0.05, 0.1) is 18.1 Å². The minimum absolute atomic E-state index is 0.0590. The number of benzene rings is 2. The van der Waals surface area contributed by atoms with Crippen molar-refractivity contribution in [3.05, 3.63) is 59.1 Å².